The average molecular weight is 731 g/mol. The van der Waals surface area contributed by atoms with E-state index in [0.29, 0.717) is 44.5 Å². The number of hydrogen-bond acceptors (Lipinski definition) is 6. The number of carbonyl (C=O) groups excluding carboxylic acids is 2. The molecule has 1 fully saturated rings. The second-order valence-electron chi connectivity index (χ2n) is 13.0. The summed E-state index contributed by atoms with van der Waals surface area (Å²) in [6, 6.07) is 10.6. The summed E-state index contributed by atoms with van der Waals surface area (Å²) < 4.78 is 48.1. The van der Waals surface area contributed by atoms with Crippen LogP contribution in [0.15, 0.2) is 67.1 Å². The summed E-state index contributed by atoms with van der Waals surface area (Å²) in [5, 5.41) is 19.0. The number of hydrogen-bond donors (Lipinski definition) is 3. The van der Waals surface area contributed by atoms with Crippen LogP contribution < -0.4 is 10.6 Å². The smallest absolute Gasteiger partial charge is 0.407 e. The lowest BCUT2D eigenvalue weighted by atomic mass is 9.92. The first-order valence-electron chi connectivity index (χ1n) is 15.8. The largest absolute Gasteiger partial charge is 0.447 e. The molecule has 10 nitrogen and oxygen atoms in total. The van der Waals surface area contributed by atoms with Crippen LogP contribution in [0.5, 0.6) is 0 Å². The number of alkyl carbamates (subject to hydrolysis) is 1. The van der Waals surface area contributed by atoms with Crippen LogP contribution in [0.4, 0.5) is 18.0 Å². The summed E-state index contributed by atoms with van der Waals surface area (Å²) in [6.45, 7) is 3.07. The SMILES string of the molecule is CC(C)(C)CCNC(=N)N(C(=O)c1ccc(-c2cnn(C(F)F)c2)cc1F)[C@H](COC(=O)NC1CC1)c1ccc(Cl)c(-c2ncccc2Cl)c1. The number of pyridine rings is 1. The normalized spacial score (nSPS) is 13.5. The number of carbonyl (C=O) groups is 2. The topological polar surface area (TPSA) is 125 Å². The van der Waals surface area contributed by atoms with Crippen LogP contribution >= 0.6 is 23.2 Å². The van der Waals surface area contributed by atoms with Crippen molar-refractivity contribution in [3.63, 3.8) is 0 Å². The summed E-state index contributed by atoms with van der Waals surface area (Å²) in [5.41, 5.74) is 1.07. The molecule has 15 heteroatoms. The zero-order valence-electron chi connectivity index (χ0n) is 27.5. The van der Waals surface area contributed by atoms with Crippen molar-refractivity contribution in [1.82, 2.24) is 30.3 Å². The molecule has 1 aliphatic rings. The van der Waals surface area contributed by atoms with Gasteiger partial charge in [-0.25, -0.2) is 13.9 Å². The van der Waals surface area contributed by atoms with Gasteiger partial charge in [0, 0.05) is 36.1 Å². The van der Waals surface area contributed by atoms with Gasteiger partial charge in [-0.1, -0.05) is 56.1 Å². The standard InChI is InChI=1S/C35H36Cl2F3N7O3/c1-35(2,3)12-14-43-33(41)47(31(48)24-10-6-20(16-28(24)38)22-17-44-46(18-22)32(39)40)29(19-50-34(49)45-23-8-9-23)21-7-11-26(36)25(15-21)30-27(37)5-4-13-42-30/h4-7,10-11,13,15-18,23,29,32H,8-9,12,14,19H2,1-3H3,(H2,41,43)(H,45,49)/t29-/m1/s1. The van der Waals surface area contributed by atoms with E-state index in [9.17, 15) is 18.4 Å². The van der Waals surface area contributed by atoms with Crippen molar-refractivity contribution >= 4 is 41.2 Å². The lowest BCUT2D eigenvalue weighted by Gasteiger charge is -2.33. The minimum Gasteiger partial charge on any atom is -0.447 e. The molecule has 5 rings (SSSR count). The predicted molar refractivity (Wildman–Crippen MR) is 185 cm³/mol. The van der Waals surface area contributed by atoms with E-state index in [1.807, 2.05) is 20.8 Å². The second-order valence-corrected chi connectivity index (χ2v) is 13.9. The van der Waals surface area contributed by atoms with Crippen molar-refractivity contribution in [1.29, 1.82) is 5.41 Å². The molecule has 0 aliphatic heterocycles. The Labute approximate surface area is 297 Å². The molecule has 1 atom stereocenters. The van der Waals surface area contributed by atoms with Crippen molar-refractivity contribution in [3.8, 4) is 22.4 Å². The molecule has 0 bridgehead atoms. The van der Waals surface area contributed by atoms with Crippen LogP contribution in [0.3, 0.4) is 0 Å². The molecule has 1 saturated carbocycles. The van der Waals surface area contributed by atoms with Crippen molar-refractivity contribution < 1.29 is 27.5 Å². The first kappa shape index (κ1) is 36.7. The molecule has 50 heavy (non-hydrogen) atoms. The van der Waals surface area contributed by atoms with Crippen molar-refractivity contribution in [2.75, 3.05) is 13.2 Å². The van der Waals surface area contributed by atoms with E-state index in [1.54, 1.807) is 36.5 Å². The lowest BCUT2D eigenvalue weighted by molar-refractivity contribution is 0.0566. The molecule has 4 aromatic rings. The van der Waals surface area contributed by atoms with Gasteiger partial charge in [0.25, 0.3) is 5.91 Å². The Morgan fingerprint density at radius 1 is 1.10 bits per heavy atom. The summed E-state index contributed by atoms with van der Waals surface area (Å²) in [5.74, 6) is -2.26. The van der Waals surface area contributed by atoms with E-state index >= 15 is 4.39 Å². The first-order valence-corrected chi connectivity index (χ1v) is 16.6. The van der Waals surface area contributed by atoms with Crippen LogP contribution in [0.25, 0.3) is 22.4 Å². The Morgan fingerprint density at radius 3 is 2.50 bits per heavy atom. The minimum atomic E-state index is -2.88. The number of nitrogens with zero attached hydrogens (tertiary/aromatic N) is 4. The molecule has 3 N–H and O–H groups in total. The van der Waals surface area contributed by atoms with E-state index in [-0.39, 0.29) is 28.5 Å². The molecule has 2 amide bonds. The Hall–Kier alpha value is -4.62. The Balaban J connectivity index is 1.57. The summed E-state index contributed by atoms with van der Waals surface area (Å²) in [4.78, 5) is 32.5. The summed E-state index contributed by atoms with van der Waals surface area (Å²) in [7, 11) is 0. The van der Waals surface area contributed by atoms with Crippen LogP contribution in [0.1, 0.15) is 68.5 Å². The van der Waals surface area contributed by atoms with Gasteiger partial charge in [0.05, 0.1) is 33.5 Å². The van der Waals surface area contributed by atoms with E-state index in [0.717, 1.165) is 36.2 Å². The van der Waals surface area contributed by atoms with Crippen LogP contribution in [-0.4, -0.2) is 56.8 Å². The Bertz CT molecular complexity index is 1880. The molecule has 264 valence electrons. The fourth-order valence-corrected chi connectivity index (χ4v) is 5.49. The number of amides is 2. The molecule has 2 heterocycles. The van der Waals surface area contributed by atoms with E-state index < -0.39 is 42.6 Å². The number of aromatic nitrogens is 3. The second kappa shape index (κ2) is 15.5. The van der Waals surface area contributed by atoms with Gasteiger partial charge in [0.2, 0.25) is 0 Å². The van der Waals surface area contributed by atoms with Gasteiger partial charge in [-0.05, 0) is 72.2 Å². The fraction of sp³-hybridized carbons (Fsp3) is 0.343. The number of benzene rings is 2. The van der Waals surface area contributed by atoms with E-state index in [1.165, 1.54) is 12.1 Å². The first-order chi connectivity index (χ1) is 23.7. The van der Waals surface area contributed by atoms with Gasteiger partial charge in [0.15, 0.2) is 5.96 Å². The molecular formula is C35H36Cl2F3N7O3. The lowest BCUT2D eigenvalue weighted by Crippen LogP contribution is -2.49. The number of halogens is 5. The highest BCUT2D eigenvalue weighted by molar-refractivity contribution is 6.36. The minimum absolute atomic E-state index is 0.00936. The molecule has 2 aromatic heterocycles. The predicted octanol–water partition coefficient (Wildman–Crippen LogP) is 8.49. The molecular weight excluding hydrogens is 694 g/mol. The van der Waals surface area contributed by atoms with Crippen LogP contribution in [0.2, 0.25) is 10.0 Å². The summed E-state index contributed by atoms with van der Waals surface area (Å²) in [6.07, 6.45) is 5.32. The van der Waals surface area contributed by atoms with Gasteiger partial charge >= 0.3 is 12.6 Å². The number of ether oxygens (including phenoxy) is 1. The number of alkyl halides is 2. The van der Waals surface area contributed by atoms with Gasteiger partial charge < -0.3 is 15.4 Å². The van der Waals surface area contributed by atoms with Crippen molar-refractivity contribution in [2.45, 2.75) is 58.7 Å². The Kier molecular flexibility index (Phi) is 11.4. The molecule has 1 aliphatic carbocycles. The third-order valence-electron chi connectivity index (χ3n) is 7.93. The van der Waals surface area contributed by atoms with E-state index in [2.05, 4.69) is 20.7 Å². The average Bonchev–Trinajstić information content (AvgIpc) is 3.72. The monoisotopic (exact) mass is 729 g/mol. The number of rotatable bonds is 11. The van der Waals surface area contributed by atoms with E-state index in [4.69, 9.17) is 33.3 Å². The molecule has 0 saturated heterocycles. The zero-order valence-corrected chi connectivity index (χ0v) is 29.0. The maximum atomic E-state index is 15.8. The molecule has 0 radical (unpaired) electrons. The van der Waals surface area contributed by atoms with Gasteiger partial charge in [-0.3, -0.25) is 20.1 Å². The Morgan fingerprint density at radius 2 is 1.86 bits per heavy atom. The molecule has 0 unspecified atom stereocenters. The van der Waals surface area contributed by atoms with Crippen LogP contribution in [-0.2, 0) is 4.74 Å². The highest BCUT2D eigenvalue weighted by atomic mass is 35.5. The zero-order chi connectivity index (χ0) is 36.2. The quantitative estimate of drug-likeness (QED) is 0.105. The van der Waals surface area contributed by atoms with Crippen molar-refractivity contribution in [2.24, 2.45) is 5.41 Å². The maximum Gasteiger partial charge on any atom is 0.407 e. The third-order valence-corrected chi connectivity index (χ3v) is 8.57. The third kappa shape index (κ3) is 9.13. The highest BCUT2D eigenvalue weighted by Gasteiger charge is 2.34. The summed E-state index contributed by atoms with van der Waals surface area (Å²) >= 11 is 13.0. The maximum absolute atomic E-state index is 15.8. The van der Waals surface area contributed by atoms with Crippen LogP contribution in [0, 0.1) is 16.6 Å². The van der Waals surface area contributed by atoms with Gasteiger partial charge in [0.1, 0.15) is 12.4 Å². The molecule has 2 aromatic carbocycles. The van der Waals surface area contributed by atoms with Gasteiger partial charge in [-0.2, -0.15) is 13.9 Å². The number of guanidine groups is 1. The molecule has 0 spiro atoms. The number of nitrogens with one attached hydrogen (secondary N) is 3. The van der Waals surface area contributed by atoms with Gasteiger partial charge in [-0.15, -0.1) is 0 Å². The van der Waals surface area contributed by atoms with Crippen molar-refractivity contribution in [3.05, 3.63) is 94.1 Å². The highest BCUT2D eigenvalue weighted by Crippen LogP contribution is 2.36. The fourth-order valence-electron chi connectivity index (χ4n) is 5.06.